The lowest BCUT2D eigenvalue weighted by molar-refractivity contribution is -0.138. The van der Waals surface area contributed by atoms with Gasteiger partial charge in [0.25, 0.3) is 5.91 Å². The number of anilines is 1. The average Bonchev–Trinajstić information content (AvgIpc) is 3.33. The van der Waals surface area contributed by atoms with E-state index in [0.717, 1.165) is 30.8 Å². The van der Waals surface area contributed by atoms with Crippen LogP contribution in [-0.4, -0.2) is 78.5 Å². The lowest BCUT2D eigenvalue weighted by Gasteiger charge is -2.37. The maximum absolute atomic E-state index is 14.0. The van der Waals surface area contributed by atoms with E-state index in [4.69, 9.17) is 9.47 Å². The van der Waals surface area contributed by atoms with Crippen LogP contribution in [0.3, 0.4) is 0 Å². The fraction of sp³-hybridized carbons (Fsp3) is 0.344. The van der Waals surface area contributed by atoms with Gasteiger partial charge < -0.3 is 24.6 Å². The number of carbonyl (C=O) groups is 3. The topological polar surface area (TPSA) is 91.4 Å². The fourth-order valence-electron chi connectivity index (χ4n) is 5.34. The third-order valence-electron chi connectivity index (χ3n) is 7.92. The number of carbonyl (C=O) groups excluding carboxylic acids is 3. The number of nitrogens with zero attached hydrogens (tertiary/aromatic N) is 3. The SMILES string of the molecule is CCN1CCN(C(=O)C2C(c3ccc(NC(=O)c4ccc(OC)cc4)cc3)OC(=O)N2Cc2ccccc2C)CC1. The monoisotopic (exact) mass is 556 g/mol. The van der Waals surface area contributed by atoms with Crippen LogP contribution in [0.1, 0.15) is 40.1 Å². The Morgan fingerprint density at radius 3 is 2.27 bits per heavy atom. The summed E-state index contributed by atoms with van der Waals surface area (Å²) in [7, 11) is 1.57. The summed E-state index contributed by atoms with van der Waals surface area (Å²) in [4.78, 5) is 45.7. The van der Waals surface area contributed by atoms with Gasteiger partial charge in [0.15, 0.2) is 12.1 Å². The van der Waals surface area contributed by atoms with Crippen LogP contribution in [0.15, 0.2) is 72.8 Å². The van der Waals surface area contributed by atoms with Crippen LogP contribution in [0.5, 0.6) is 5.75 Å². The third-order valence-corrected chi connectivity index (χ3v) is 7.92. The molecule has 0 aliphatic carbocycles. The Hall–Kier alpha value is -4.37. The predicted molar refractivity (Wildman–Crippen MR) is 156 cm³/mol. The Balaban J connectivity index is 1.37. The molecule has 5 rings (SSSR count). The van der Waals surface area contributed by atoms with Crippen molar-refractivity contribution in [1.82, 2.24) is 14.7 Å². The van der Waals surface area contributed by atoms with E-state index in [1.54, 1.807) is 60.5 Å². The fourth-order valence-corrected chi connectivity index (χ4v) is 5.34. The normalized spacial score (nSPS) is 19.1. The zero-order chi connectivity index (χ0) is 28.9. The number of amides is 3. The molecule has 9 heteroatoms. The van der Waals surface area contributed by atoms with Gasteiger partial charge in [-0.05, 0) is 66.6 Å². The van der Waals surface area contributed by atoms with E-state index in [1.165, 1.54) is 0 Å². The van der Waals surface area contributed by atoms with Crippen LogP contribution in [0.4, 0.5) is 10.5 Å². The Kier molecular flexibility index (Phi) is 8.54. The van der Waals surface area contributed by atoms with Crippen molar-refractivity contribution in [3.8, 4) is 5.75 Å². The van der Waals surface area contributed by atoms with Crippen LogP contribution in [0, 0.1) is 6.92 Å². The molecule has 2 unspecified atom stereocenters. The summed E-state index contributed by atoms with van der Waals surface area (Å²) in [6.07, 6.45) is -1.28. The quantitative estimate of drug-likeness (QED) is 0.440. The van der Waals surface area contributed by atoms with Gasteiger partial charge in [-0.2, -0.15) is 0 Å². The van der Waals surface area contributed by atoms with Gasteiger partial charge in [-0.25, -0.2) is 4.79 Å². The van der Waals surface area contributed by atoms with Crippen molar-refractivity contribution in [1.29, 1.82) is 0 Å². The minimum atomic E-state index is -0.796. The first-order valence-electron chi connectivity index (χ1n) is 14.0. The minimum Gasteiger partial charge on any atom is -0.497 e. The van der Waals surface area contributed by atoms with Crippen LogP contribution in [-0.2, 0) is 16.1 Å². The Bertz CT molecular complexity index is 1380. The lowest BCUT2D eigenvalue weighted by atomic mass is 9.99. The molecule has 9 nitrogen and oxygen atoms in total. The molecular formula is C32H36N4O5. The molecule has 0 saturated carbocycles. The number of piperazine rings is 1. The van der Waals surface area contributed by atoms with Gasteiger partial charge in [-0.15, -0.1) is 0 Å². The number of rotatable bonds is 8. The van der Waals surface area contributed by atoms with Crippen molar-refractivity contribution in [2.24, 2.45) is 0 Å². The number of likely N-dealkylation sites (N-methyl/N-ethyl adjacent to an activating group) is 1. The molecule has 3 aromatic rings. The summed E-state index contributed by atoms with van der Waals surface area (Å²) in [6.45, 7) is 8.15. The summed E-state index contributed by atoms with van der Waals surface area (Å²) in [5.41, 5.74) is 3.80. The van der Waals surface area contributed by atoms with Crippen LogP contribution < -0.4 is 10.1 Å². The van der Waals surface area contributed by atoms with Gasteiger partial charge >= 0.3 is 6.09 Å². The van der Waals surface area contributed by atoms with Crippen molar-refractivity contribution < 1.29 is 23.9 Å². The van der Waals surface area contributed by atoms with Gasteiger partial charge in [-0.1, -0.05) is 43.3 Å². The van der Waals surface area contributed by atoms with E-state index in [-0.39, 0.29) is 18.4 Å². The Morgan fingerprint density at radius 1 is 0.951 bits per heavy atom. The molecule has 0 aromatic heterocycles. The van der Waals surface area contributed by atoms with Crippen molar-refractivity contribution in [3.05, 3.63) is 95.1 Å². The van der Waals surface area contributed by atoms with Crippen molar-refractivity contribution in [2.45, 2.75) is 32.5 Å². The Morgan fingerprint density at radius 2 is 1.63 bits per heavy atom. The molecule has 214 valence electrons. The molecule has 2 aliphatic heterocycles. The zero-order valence-electron chi connectivity index (χ0n) is 23.7. The number of ether oxygens (including phenoxy) is 2. The molecule has 2 fully saturated rings. The summed E-state index contributed by atoms with van der Waals surface area (Å²) in [5.74, 6) is 0.309. The van der Waals surface area contributed by atoms with Gasteiger partial charge in [-0.3, -0.25) is 14.5 Å². The van der Waals surface area contributed by atoms with Gasteiger partial charge in [0.1, 0.15) is 5.75 Å². The molecule has 1 N–H and O–H groups in total. The average molecular weight is 557 g/mol. The second-order valence-electron chi connectivity index (χ2n) is 10.4. The van der Waals surface area contributed by atoms with Crippen molar-refractivity contribution in [2.75, 3.05) is 45.2 Å². The van der Waals surface area contributed by atoms with Crippen LogP contribution >= 0.6 is 0 Å². The van der Waals surface area contributed by atoms with E-state index in [9.17, 15) is 14.4 Å². The molecule has 0 spiro atoms. The second kappa shape index (κ2) is 12.4. The van der Waals surface area contributed by atoms with Gasteiger partial charge in [0, 0.05) is 37.4 Å². The minimum absolute atomic E-state index is 0.109. The van der Waals surface area contributed by atoms with Crippen molar-refractivity contribution in [3.63, 3.8) is 0 Å². The van der Waals surface area contributed by atoms with E-state index >= 15 is 0 Å². The maximum Gasteiger partial charge on any atom is 0.411 e. The number of methoxy groups -OCH3 is 1. The molecule has 2 saturated heterocycles. The molecular weight excluding hydrogens is 520 g/mol. The summed E-state index contributed by atoms with van der Waals surface area (Å²) < 4.78 is 11.0. The van der Waals surface area contributed by atoms with E-state index < -0.39 is 18.2 Å². The number of hydrogen-bond acceptors (Lipinski definition) is 6. The molecule has 2 heterocycles. The number of cyclic esters (lactones) is 1. The second-order valence-corrected chi connectivity index (χ2v) is 10.4. The highest BCUT2D eigenvalue weighted by atomic mass is 16.6. The van der Waals surface area contributed by atoms with E-state index in [0.29, 0.717) is 35.7 Å². The smallest absolute Gasteiger partial charge is 0.411 e. The molecule has 2 aliphatic rings. The molecule has 2 atom stereocenters. The molecule has 3 aromatic carbocycles. The maximum atomic E-state index is 14.0. The molecule has 41 heavy (non-hydrogen) atoms. The van der Waals surface area contributed by atoms with Crippen LogP contribution in [0.2, 0.25) is 0 Å². The van der Waals surface area contributed by atoms with Gasteiger partial charge in [0.05, 0.1) is 13.7 Å². The summed E-state index contributed by atoms with van der Waals surface area (Å²) in [6, 6.07) is 21.0. The summed E-state index contributed by atoms with van der Waals surface area (Å²) in [5, 5.41) is 2.89. The largest absolute Gasteiger partial charge is 0.497 e. The zero-order valence-corrected chi connectivity index (χ0v) is 23.7. The van der Waals surface area contributed by atoms with Crippen molar-refractivity contribution >= 4 is 23.6 Å². The molecule has 0 radical (unpaired) electrons. The standard InChI is InChI=1S/C32H36N4O5/c1-4-34-17-19-35(20-18-34)31(38)28-29(41-32(39)36(28)21-25-8-6-5-7-22(25)2)23-9-13-26(14-10-23)33-30(37)24-11-15-27(40-3)16-12-24/h5-16,28-29H,4,17-21H2,1-3H3,(H,33,37). The molecule has 3 amide bonds. The number of nitrogens with one attached hydrogen (secondary N) is 1. The third kappa shape index (κ3) is 6.20. The highest BCUT2D eigenvalue weighted by molar-refractivity contribution is 6.04. The highest BCUT2D eigenvalue weighted by Gasteiger charge is 2.48. The number of aryl methyl sites for hydroxylation is 1. The predicted octanol–water partition coefficient (Wildman–Crippen LogP) is 4.48. The first-order valence-corrected chi connectivity index (χ1v) is 14.0. The number of hydrogen-bond donors (Lipinski definition) is 1. The first kappa shape index (κ1) is 28.2. The van der Waals surface area contributed by atoms with Gasteiger partial charge in [0.2, 0.25) is 5.91 Å². The van der Waals surface area contributed by atoms with Crippen LogP contribution in [0.25, 0.3) is 0 Å². The van der Waals surface area contributed by atoms with E-state index in [2.05, 4.69) is 17.1 Å². The molecule has 0 bridgehead atoms. The number of benzene rings is 3. The van der Waals surface area contributed by atoms with E-state index in [1.807, 2.05) is 36.1 Å². The Labute approximate surface area is 240 Å². The summed E-state index contributed by atoms with van der Waals surface area (Å²) >= 11 is 0. The highest BCUT2D eigenvalue weighted by Crippen LogP contribution is 2.36. The first-order chi connectivity index (χ1) is 19.9. The lowest BCUT2D eigenvalue weighted by Crippen LogP contribution is -2.54.